The quantitative estimate of drug-likeness (QED) is 0.731. The molecule has 0 aliphatic heterocycles. The van der Waals surface area contributed by atoms with Crippen molar-refractivity contribution in [2.24, 2.45) is 0 Å². The number of rotatable bonds is 8. The number of benzene rings is 1. The number of thioether (sulfide) groups is 1. The molecule has 2 nitrogen and oxygen atoms in total. The monoisotopic (exact) mass is 287 g/mol. The van der Waals surface area contributed by atoms with Crippen molar-refractivity contribution in [3.63, 3.8) is 0 Å². The Bertz CT molecular complexity index is 358. The van der Waals surface area contributed by atoms with Crippen LogP contribution in [0.25, 0.3) is 0 Å². The molecule has 0 heterocycles. The summed E-state index contributed by atoms with van der Waals surface area (Å²) < 4.78 is 5.81. The Kier molecular flexibility index (Phi) is 7.56. The van der Waals surface area contributed by atoms with Crippen molar-refractivity contribution in [1.29, 1.82) is 0 Å². The van der Waals surface area contributed by atoms with Crippen LogP contribution in [0, 0.1) is 0 Å². The molecule has 0 saturated heterocycles. The van der Waals surface area contributed by atoms with E-state index in [4.69, 9.17) is 16.3 Å². The maximum Gasteiger partial charge on any atom is 0.125 e. The molecule has 102 valence electrons. The van der Waals surface area contributed by atoms with Crippen LogP contribution in [0.15, 0.2) is 18.2 Å². The fourth-order valence-corrected chi connectivity index (χ4v) is 2.23. The molecule has 18 heavy (non-hydrogen) atoms. The summed E-state index contributed by atoms with van der Waals surface area (Å²) in [7, 11) is 0. The van der Waals surface area contributed by atoms with Crippen LogP contribution in [-0.4, -0.2) is 24.2 Å². The van der Waals surface area contributed by atoms with Crippen LogP contribution in [0.1, 0.15) is 26.3 Å². The molecule has 0 radical (unpaired) electrons. The first-order chi connectivity index (χ1) is 8.65. The maximum atomic E-state index is 6.23. The number of nitrogens with one attached hydrogen (secondary N) is 1. The first-order valence-electron chi connectivity index (χ1n) is 6.36. The zero-order valence-corrected chi connectivity index (χ0v) is 12.9. The van der Waals surface area contributed by atoms with Gasteiger partial charge in [0.05, 0.1) is 6.61 Å². The van der Waals surface area contributed by atoms with E-state index in [9.17, 15) is 0 Å². The van der Waals surface area contributed by atoms with Crippen molar-refractivity contribution in [2.45, 2.75) is 33.4 Å². The highest BCUT2D eigenvalue weighted by Crippen LogP contribution is 2.26. The average Bonchev–Trinajstić information content (AvgIpc) is 2.33. The van der Waals surface area contributed by atoms with E-state index in [2.05, 4.69) is 26.1 Å². The highest BCUT2D eigenvalue weighted by Gasteiger charge is 2.08. The second-order valence-electron chi connectivity index (χ2n) is 4.30. The van der Waals surface area contributed by atoms with Gasteiger partial charge in [-0.2, -0.15) is 11.8 Å². The van der Waals surface area contributed by atoms with Crippen molar-refractivity contribution in [3.05, 3.63) is 28.8 Å². The summed E-state index contributed by atoms with van der Waals surface area (Å²) in [6, 6.07) is 6.26. The zero-order valence-electron chi connectivity index (χ0n) is 11.3. The van der Waals surface area contributed by atoms with Crippen LogP contribution in [-0.2, 0) is 6.54 Å². The topological polar surface area (TPSA) is 21.3 Å². The molecule has 0 unspecified atom stereocenters. The molecule has 1 aromatic carbocycles. The predicted molar refractivity (Wildman–Crippen MR) is 81.9 cm³/mol. The van der Waals surface area contributed by atoms with Crippen molar-refractivity contribution in [2.75, 3.05) is 18.1 Å². The lowest BCUT2D eigenvalue weighted by molar-refractivity contribution is 0.338. The predicted octanol–water partition coefficient (Wildman–Crippen LogP) is 3.97. The normalized spacial score (nSPS) is 10.9. The Morgan fingerprint density at radius 1 is 1.39 bits per heavy atom. The molecular formula is C14H22ClNOS. The number of hydrogen-bond donors (Lipinski definition) is 1. The first-order valence-corrected chi connectivity index (χ1v) is 7.89. The Morgan fingerprint density at radius 3 is 2.83 bits per heavy atom. The number of ether oxygens (including phenoxy) is 1. The van der Waals surface area contributed by atoms with Gasteiger partial charge in [-0.15, -0.1) is 0 Å². The van der Waals surface area contributed by atoms with Gasteiger partial charge in [0.25, 0.3) is 0 Å². The summed E-state index contributed by atoms with van der Waals surface area (Å²) in [6.45, 7) is 7.87. The fraction of sp³-hybridized carbons (Fsp3) is 0.571. The van der Waals surface area contributed by atoms with Gasteiger partial charge in [-0.25, -0.2) is 0 Å². The van der Waals surface area contributed by atoms with Gasteiger partial charge in [0.1, 0.15) is 5.75 Å². The molecule has 0 aromatic heterocycles. The van der Waals surface area contributed by atoms with Crippen molar-refractivity contribution in [3.8, 4) is 5.75 Å². The molecule has 1 rings (SSSR count). The van der Waals surface area contributed by atoms with Gasteiger partial charge in [-0.05, 0) is 17.9 Å². The van der Waals surface area contributed by atoms with E-state index in [1.807, 2.05) is 30.0 Å². The van der Waals surface area contributed by atoms with Crippen molar-refractivity contribution < 1.29 is 4.74 Å². The molecular weight excluding hydrogens is 266 g/mol. The molecule has 1 N–H and O–H groups in total. The minimum Gasteiger partial charge on any atom is -0.492 e. The van der Waals surface area contributed by atoms with E-state index in [1.165, 1.54) is 0 Å². The lowest BCUT2D eigenvalue weighted by atomic mass is 10.2. The van der Waals surface area contributed by atoms with E-state index in [0.29, 0.717) is 6.04 Å². The lowest BCUT2D eigenvalue weighted by Gasteiger charge is -2.15. The third kappa shape index (κ3) is 5.51. The van der Waals surface area contributed by atoms with Crippen LogP contribution in [0.5, 0.6) is 5.75 Å². The summed E-state index contributed by atoms with van der Waals surface area (Å²) in [5.74, 6) is 3.04. The second kappa shape index (κ2) is 8.68. The van der Waals surface area contributed by atoms with Crippen LogP contribution >= 0.6 is 23.4 Å². The number of halogens is 1. The van der Waals surface area contributed by atoms with E-state index in [-0.39, 0.29) is 0 Å². The molecule has 0 atom stereocenters. The third-order valence-electron chi connectivity index (χ3n) is 2.45. The van der Waals surface area contributed by atoms with Crippen molar-refractivity contribution >= 4 is 23.4 Å². The molecule has 0 aliphatic carbocycles. The molecule has 4 heteroatoms. The Hall–Kier alpha value is -0.380. The summed E-state index contributed by atoms with van der Waals surface area (Å²) in [5.41, 5.74) is 1.05. The van der Waals surface area contributed by atoms with Gasteiger partial charge in [0.15, 0.2) is 0 Å². The van der Waals surface area contributed by atoms with Gasteiger partial charge >= 0.3 is 0 Å². The van der Waals surface area contributed by atoms with Gasteiger partial charge in [-0.3, -0.25) is 0 Å². The second-order valence-corrected chi connectivity index (χ2v) is 6.10. The molecule has 0 aliphatic rings. The SMILES string of the molecule is CCSCCOc1cccc(Cl)c1CNC(C)C. The lowest BCUT2D eigenvalue weighted by Crippen LogP contribution is -2.22. The maximum absolute atomic E-state index is 6.23. The van der Waals surface area contributed by atoms with Crippen LogP contribution in [0.4, 0.5) is 0 Å². The highest BCUT2D eigenvalue weighted by molar-refractivity contribution is 7.99. The average molecular weight is 288 g/mol. The fourth-order valence-electron chi connectivity index (χ4n) is 1.51. The van der Waals surface area contributed by atoms with E-state index < -0.39 is 0 Å². The van der Waals surface area contributed by atoms with E-state index in [1.54, 1.807) is 0 Å². The highest BCUT2D eigenvalue weighted by atomic mass is 35.5. The summed E-state index contributed by atoms with van der Waals surface area (Å²) >= 11 is 8.11. The molecule has 0 bridgehead atoms. The largest absolute Gasteiger partial charge is 0.492 e. The van der Waals surface area contributed by atoms with Crippen LogP contribution in [0.2, 0.25) is 5.02 Å². The molecule has 0 fully saturated rings. The Balaban J connectivity index is 2.61. The summed E-state index contributed by atoms with van der Waals surface area (Å²) in [4.78, 5) is 0. The summed E-state index contributed by atoms with van der Waals surface area (Å²) in [6.07, 6.45) is 0. The van der Waals surface area contributed by atoms with Crippen LogP contribution < -0.4 is 10.1 Å². The third-order valence-corrected chi connectivity index (χ3v) is 3.67. The van der Waals surface area contributed by atoms with Crippen molar-refractivity contribution in [1.82, 2.24) is 5.32 Å². The van der Waals surface area contributed by atoms with Crippen LogP contribution in [0.3, 0.4) is 0 Å². The molecule has 0 amide bonds. The smallest absolute Gasteiger partial charge is 0.125 e. The molecule has 0 saturated carbocycles. The standard InChI is InChI=1S/C14H22ClNOS/c1-4-18-9-8-17-14-7-5-6-13(15)12(14)10-16-11(2)3/h5-7,11,16H,4,8-10H2,1-3H3. The van der Waals surface area contributed by atoms with Gasteiger partial charge in [-0.1, -0.05) is 38.4 Å². The van der Waals surface area contributed by atoms with Gasteiger partial charge < -0.3 is 10.1 Å². The Labute approximate surface area is 119 Å². The van der Waals surface area contributed by atoms with E-state index >= 15 is 0 Å². The first kappa shape index (κ1) is 15.7. The molecule has 1 aromatic rings. The minimum absolute atomic E-state index is 0.435. The van der Waals surface area contributed by atoms with Gasteiger partial charge in [0, 0.05) is 28.9 Å². The Morgan fingerprint density at radius 2 is 2.17 bits per heavy atom. The molecule has 0 spiro atoms. The van der Waals surface area contributed by atoms with Gasteiger partial charge in [0.2, 0.25) is 0 Å². The zero-order chi connectivity index (χ0) is 13.4. The number of hydrogen-bond acceptors (Lipinski definition) is 3. The van der Waals surface area contributed by atoms with E-state index in [0.717, 1.165) is 41.0 Å². The minimum atomic E-state index is 0.435. The summed E-state index contributed by atoms with van der Waals surface area (Å²) in [5, 5.41) is 4.14.